The molecule has 2 aromatic carbocycles. The summed E-state index contributed by atoms with van der Waals surface area (Å²) in [6, 6.07) is 18.7. The average molecular weight is 378 g/mol. The second kappa shape index (κ2) is 6.45. The summed E-state index contributed by atoms with van der Waals surface area (Å²) in [6.07, 6.45) is 2.17. The lowest BCUT2D eigenvalue weighted by atomic mass is 9.51. The summed E-state index contributed by atoms with van der Waals surface area (Å²) in [5.41, 5.74) is -0.0628. The molecule has 0 amide bonds. The number of hydrogen-bond acceptors (Lipinski definition) is 5. The van der Waals surface area contributed by atoms with E-state index >= 15 is 0 Å². The van der Waals surface area contributed by atoms with Gasteiger partial charge >= 0.3 is 11.9 Å². The smallest absolute Gasteiger partial charge is 0.339 e. The molecule has 0 unspecified atom stereocenters. The first-order valence-electron chi connectivity index (χ1n) is 9.77. The van der Waals surface area contributed by atoms with Crippen LogP contribution in [-0.4, -0.2) is 30.3 Å². The van der Waals surface area contributed by atoms with Gasteiger partial charge < -0.3 is 14.2 Å². The maximum atomic E-state index is 12.8. The summed E-state index contributed by atoms with van der Waals surface area (Å²) in [5.74, 6) is -0.402. The lowest BCUT2D eigenvalue weighted by molar-refractivity contribution is -0.227. The van der Waals surface area contributed by atoms with E-state index in [1.165, 1.54) is 0 Å². The van der Waals surface area contributed by atoms with Crippen molar-refractivity contribution >= 4 is 11.9 Å². The molecule has 28 heavy (non-hydrogen) atoms. The van der Waals surface area contributed by atoms with Crippen LogP contribution in [0.1, 0.15) is 35.2 Å². The van der Waals surface area contributed by atoms with Crippen molar-refractivity contribution < 1.29 is 23.8 Å². The zero-order valence-electron chi connectivity index (χ0n) is 15.5. The first kappa shape index (κ1) is 17.4. The van der Waals surface area contributed by atoms with Gasteiger partial charge in [0.15, 0.2) is 5.60 Å². The van der Waals surface area contributed by atoms with Crippen LogP contribution < -0.4 is 0 Å². The molecule has 5 nitrogen and oxygen atoms in total. The van der Waals surface area contributed by atoms with Crippen LogP contribution in [0.4, 0.5) is 0 Å². The summed E-state index contributed by atoms with van der Waals surface area (Å²) in [5, 5.41) is 0. The molecule has 0 bridgehead atoms. The molecular weight excluding hydrogens is 356 g/mol. The predicted molar refractivity (Wildman–Crippen MR) is 100 cm³/mol. The molecule has 2 aliphatic carbocycles. The molecule has 0 aromatic heterocycles. The van der Waals surface area contributed by atoms with E-state index in [1.807, 2.05) is 36.4 Å². The third-order valence-electron chi connectivity index (χ3n) is 6.72. The minimum Gasteiger partial charge on any atom is -0.461 e. The van der Waals surface area contributed by atoms with Crippen LogP contribution in [0.25, 0.3) is 0 Å². The summed E-state index contributed by atoms with van der Waals surface area (Å²) >= 11 is 0. The van der Waals surface area contributed by atoms with Gasteiger partial charge in [-0.1, -0.05) is 48.5 Å². The summed E-state index contributed by atoms with van der Waals surface area (Å²) < 4.78 is 17.7. The fraction of sp³-hybridized carbons (Fsp3) is 0.391. The molecule has 2 saturated carbocycles. The lowest BCUT2D eigenvalue weighted by Gasteiger charge is -2.54. The van der Waals surface area contributed by atoms with Crippen molar-refractivity contribution in [3.8, 4) is 0 Å². The monoisotopic (exact) mass is 378 g/mol. The molecule has 1 saturated heterocycles. The van der Waals surface area contributed by atoms with E-state index in [4.69, 9.17) is 14.2 Å². The molecule has 4 atom stereocenters. The number of rotatable bonds is 6. The molecule has 0 spiro atoms. The van der Waals surface area contributed by atoms with Crippen LogP contribution in [0, 0.1) is 11.3 Å². The van der Waals surface area contributed by atoms with Gasteiger partial charge in [-0.15, -0.1) is 0 Å². The summed E-state index contributed by atoms with van der Waals surface area (Å²) in [4.78, 5) is 25.3. The second-order valence-corrected chi connectivity index (χ2v) is 7.96. The van der Waals surface area contributed by atoms with Crippen molar-refractivity contribution in [3.63, 3.8) is 0 Å². The van der Waals surface area contributed by atoms with E-state index in [2.05, 4.69) is 0 Å². The van der Waals surface area contributed by atoms with Gasteiger partial charge in [-0.25, -0.2) is 9.59 Å². The van der Waals surface area contributed by atoms with Gasteiger partial charge in [0, 0.05) is 0 Å². The van der Waals surface area contributed by atoms with E-state index in [9.17, 15) is 9.59 Å². The largest absolute Gasteiger partial charge is 0.461 e. The molecule has 2 aromatic rings. The van der Waals surface area contributed by atoms with E-state index in [1.54, 1.807) is 24.3 Å². The number of hydrogen-bond donors (Lipinski definition) is 0. The van der Waals surface area contributed by atoms with Crippen molar-refractivity contribution in [1.82, 2.24) is 0 Å². The van der Waals surface area contributed by atoms with E-state index in [-0.39, 0.29) is 30.6 Å². The number of carbonyl (C=O) groups is 2. The highest BCUT2D eigenvalue weighted by atomic mass is 16.6. The highest BCUT2D eigenvalue weighted by Gasteiger charge is 2.81. The Morgan fingerprint density at radius 2 is 1.75 bits per heavy atom. The van der Waals surface area contributed by atoms with Gasteiger partial charge in [0.1, 0.15) is 12.7 Å². The molecule has 1 aliphatic heterocycles. The molecule has 0 N–H and O–H groups in total. The standard InChI is InChI=1S/C23H22O5/c24-20(17-9-5-2-6-10-17)26-15-22-18-11-12-19(22)28-21(25)23(22,13-18)27-14-16-7-3-1-4-8-16/h1-10,18-19H,11-15H2/t18-,19-,22+,23+/m1/s1. The molecular formula is C23H22O5. The van der Waals surface area contributed by atoms with E-state index < -0.39 is 11.0 Å². The Morgan fingerprint density at radius 3 is 2.50 bits per heavy atom. The second-order valence-electron chi connectivity index (χ2n) is 7.96. The maximum Gasteiger partial charge on any atom is 0.339 e. The van der Waals surface area contributed by atoms with Gasteiger partial charge in [-0.3, -0.25) is 0 Å². The number of carbonyl (C=O) groups excluding carboxylic acids is 2. The topological polar surface area (TPSA) is 61.8 Å². The SMILES string of the molecule is O=C(OC[C@]12[C@@H]3CC[C@H]1OC(=O)[C@@]2(OCc1ccccc1)C3)c1ccccc1. The van der Waals surface area contributed by atoms with Crippen LogP contribution in [0.5, 0.6) is 0 Å². The minimum absolute atomic E-state index is 0.149. The summed E-state index contributed by atoms with van der Waals surface area (Å²) in [7, 11) is 0. The van der Waals surface area contributed by atoms with Crippen molar-refractivity contribution in [2.75, 3.05) is 6.61 Å². The fourth-order valence-electron chi connectivity index (χ4n) is 5.28. The lowest BCUT2D eigenvalue weighted by Crippen LogP contribution is -2.67. The Bertz CT molecular complexity index is 896. The highest BCUT2D eigenvalue weighted by Crippen LogP contribution is 2.70. The Morgan fingerprint density at radius 1 is 1.04 bits per heavy atom. The first-order chi connectivity index (χ1) is 13.7. The third kappa shape index (κ3) is 2.35. The van der Waals surface area contributed by atoms with Crippen LogP contribution >= 0.6 is 0 Å². The van der Waals surface area contributed by atoms with E-state index in [0.29, 0.717) is 18.6 Å². The van der Waals surface area contributed by atoms with Gasteiger partial charge in [-0.05, 0) is 42.9 Å². The molecule has 3 fully saturated rings. The minimum atomic E-state index is -1.01. The van der Waals surface area contributed by atoms with Gasteiger partial charge in [0.2, 0.25) is 0 Å². The van der Waals surface area contributed by atoms with Crippen LogP contribution in [0.3, 0.4) is 0 Å². The number of benzene rings is 2. The quantitative estimate of drug-likeness (QED) is 0.720. The Balaban J connectivity index is 1.37. The normalized spacial score (nSPS) is 32.4. The van der Waals surface area contributed by atoms with Crippen molar-refractivity contribution in [3.05, 3.63) is 71.8 Å². The number of ether oxygens (including phenoxy) is 3. The van der Waals surface area contributed by atoms with Crippen molar-refractivity contribution in [2.45, 2.75) is 37.6 Å². The molecule has 1 heterocycles. The molecule has 5 heteroatoms. The van der Waals surface area contributed by atoms with Crippen LogP contribution in [-0.2, 0) is 25.6 Å². The highest BCUT2D eigenvalue weighted by molar-refractivity contribution is 5.90. The predicted octanol–water partition coefficient (Wildman–Crippen LogP) is 3.52. The molecule has 144 valence electrons. The van der Waals surface area contributed by atoms with E-state index in [0.717, 1.165) is 18.4 Å². The molecule has 5 rings (SSSR count). The Labute approximate surface area is 163 Å². The van der Waals surface area contributed by atoms with Crippen molar-refractivity contribution in [1.29, 1.82) is 0 Å². The first-order valence-corrected chi connectivity index (χ1v) is 9.77. The zero-order chi connectivity index (χ0) is 19.2. The number of esters is 2. The van der Waals surface area contributed by atoms with Gasteiger partial charge in [0.05, 0.1) is 17.6 Å². The van der Waals surface area contributed by atoms with Crippen LogP contribution in [0.15, 0.2) is 60.7 Å². The van der Waals surface area contributed by atoms with Crippen LogP contribution in [0.2, 0.25) is 0 Å². The Kier molecular flexibility index (Phi) is 4.02. The van der Waals surface area contributed by atoms with Gasteiger partial charge in [-0.2, -0.15) is 0 Å². The molecule has 3 aliphatic rings. The fourth-order valence-corrected chi connectivity index (χ4v) is 5.28. The summed E-state index contributed by atoms with van der Waals surface area (Å²) in [6.45, 7) is 0.486. The zero-order valence-corrected chi connectivity index (χ0v) is 15.5. The Hall–Kier alpha value is -2.66. The van der Waals surface area contributed by atoms with Crippen molar-refractivity contribution in [2.24, 2.45) is 11.3 Å². The third-order valence-corrected chi connectivity index (χ3v) is 6.72. The molecule has 0 radical (unpaired) electrons. The van der Waals surface area contributed by atoms with Gasteiger partial charge in [0.25, 0.3) is 0 Å². The maximum absolute atomic E-state index is 12.8. The average Bonchev–Trinajstić information content (AvgIpc) is 3.08.